The summed E-state index contributed by atoms with van der Waals surface area (Å²) >= 11 is 0. The van der Waals surface area contributed by atoms with Gasteiger partial charge in [0, 0.05) is 18.5 Å². The van der Waals surface area contributed by atoms with Crippen LogP contribution in [0.3, 0.4) is 0 Å². The van der Waals surface area contributed by atoms with Crippen molar-refractivity contribution in [2.24, 2.45) is 11.8 Å². The van der Waals surface area contributed by atoms with E-state index in [1.807, 2.05) is 0 Å². The Morgan fingerprint density at radius 1 is 1.50 bits per heavy atom. The Morgan fingerprint density at radius 2 is 2.19 bits per heavy atom. The molecule has 2 heterocycles. The van der Waals surface area contributed by atoms with Crippen LogP contribution in [0.4, 0.5) is 0 Å². The van der Waals surface area contributed by atoms with E-state index in [9.17, 15) is 4.79 Å². The van der Waals surface area contributed by atoms with E-state index in [4.69, 9.17) is 0 Å². The smallest absolute Gasteiger partial charge is 0.226 e. The summed E-state index contributed by atoms with van der Waals surface area (Å²) in [5, 5.41) is 3.24. The summed E-state index contributed by atoms with van der Waals surface area (Å²) in [4.78, 5) is 14.4. The summed E-state index contributed by atoms with van der Waals surface area (Å²) in [6.45, 7) is 7.32. The molecular weight excluding hydrogens is 224 g/mol. The molecule has 0 bridgehead atoms. The number of rotatable bonds is 3. The largest absolute Gasteiger partial charge is 0.339 e. The minimum atomic E-state index is 0. The molecule has 4 heteroatoms. The molecule has 2 atom stereocenters. The van der Waals surface area contributed by atoms with Crippen LogP contribution in [0.15, 0.2) is 0 Å². The van der Waals surface area contributed by atoms with Crippen molar-refractivity contribution in [3.8, 4) is 0 Å². The molecule has 2 aliphatic rings. The molecule has 0 aromatic heterocycles. The highest BCUT2D eigenvalue weighted by atomic mass is 35.5. The van der Waals surface area contributed by atoms with Crippen molar-refractivity contribution in [1.29, 1.82) is 0 Å². The fraction of sp³-hybridized carbons (Fsp3) is 0.917. The van der Waals surface area contributed by atoms with Crippen molar-refractivity contribution < 1.29 is 4.79 Å². The van der Waals surface area contributed by atoms with Gasteiger partial charge in [-0.2, -0.15) is 0 Å². The van der Waals surface area contributed by atoms with Gasteiger partial charge in [-0.25, -0.2) is 0 Å². The molecule has 16 heavy (non-hydrogen) atoms. The molecule has 2 fully saturated rings. The predicted octanol–water partition coefficient (Wildman–Crippen LogP) is 1.66. The van der Waals surface area contributed by atoms with Crippen molar-refractivity contribution in [3.63, 3.8) is 0 Å². The first kappa shape index (κ1) is 13.8. The molecule has 0 saturated carbocycles. The topological polar surface area (TPSA) is 32.3 Å². The van der Waals surface area contributed by atoms with E-state index in [0.29, 0.717) is 17.9 Å². The van der Waals surface area contributed by atoms with Crippen LogP contribution in [0, 0.1) is 11.8 Å². The third-order valence-corrected chi connectivity index (χ3v) is 4.04. The summed E-state index contributed by atoms with van der Waals surface area (Å²) in [6, 6.07) is 0.521. The summed E-state index contributed by atoms with van der Waals surface area (Å²) in [6.07, 6.45) is 3.51. The van der Waals surface area contributed by atoms with Crippen molar-refractivity contribution in [2.75, 3.05) is 19.6 Å². The van der Waals surface area contributed by atoms with Crippen molar-refractivity contribution >= 4 is 18.3 Å². The van der Waals surface area contributed by atoms with Crippen LogP contribution in [-0.2, 0) is 4.79 Å². The maximum absolute atomic E-state index is 12.2. The molecule has 2 aliphatic heterocycles. The van der Waals surface area contributed by atoms with Gasteiger partial charge in [-0.05, 0) is 38.3 Å². The molecule has 3 nitrogen and oxygen atoms in total. The Morgan fingerprint density at radius 3 is 2.69 bits per heavy atom. The van der Waals surface area contributed by atoms with Gasteiger partial charge in [-0.3, -0.25) is 4.79 Å². The Labute approximate surface area is 104 Å². The van der Waals surface area contributed by atoms with E-state index < -0.39 is 0 Å². The number of carbonyl (C=O) groups is 1. The molecule has 1 amide bonds. The SMILES string of the molecule is CCC1CCCN1C(=O)C(C)C1CNC1.Cl. The average Bonchev–Trinajstić information content (AvgIpc) is 2.61. The molecule has 0 radical (unpaired) electrons. The molecule has 2 saturated heterocycles. The normalized spacial score (nSPS) is 27.1. The van der Waals surface area contributed by atoms with Gasteiger partial charge in [-0.15, -0.1) is 12.4 Å². The lowest BCUT2D eigenvalue weighted by Gasteiger charge is -2.35. The number of hydrogen-bond donors (Lipinski definition) is 1. The summed E-state index contributed by atoms with van der Waals surface area (Å²) in [7, 11) is 0. The highest BCUT2D eigenvalue weighted by Gasteiger charge is 2.35. The molecule has 1 N–H and O–H groups in total. The van der Waals surface area contributed by atoms with Gasteiger partial charge in [0.15, 0.2) is 0 Å². The Balaban J connectivity index is 0.00000128. The molecular formula is C12H23ClN2O. The van der Waals surface area contributed by atoms with Crippen LogP contribution < -0.4 is 5.32 Å². The fourth-order valence-electron chi connectivity index (χ4n) is 2.68. The van der Waals surface area contributed by atoms with E-state index in [0.717, 1.165) is 26.1 Å². The first-order valence-electron chi connectivity index (χ1n) is 6.25. The first-order valence-corrected chi connectivity index (χ1v) is 6.25. The Hall–Kier alpha value is -0.280. The molecule has 94 valence electrons. The van der Waals surface area contributed by atoms with E-state index in [1.54, 1.807) is 0 Å². The number of amides is 1. The van der Waals surface area contributed by atoms with Crippen LogP contribution in [0.1, 0.15) is 33.1 Å². The van der Waals surface area contributed by atoms with Crippen LogP contribution in [-0.4, -0.2) is 36.5 Å². The zero-order valence-corrected chi connectivity index (χ0v) is 11.1. The highest BCUT2D eigenvalue weighted by molar-refractivity contribution is 5.85. The first-order chi connectivity index (χ1) is 7.24. The minimum Gasteiger partial charge on any atom is -0.339 e. The number of halogens is 1. The van der Waals surface area contributed by atoms with Gasteiger partial charge in [0.05, 0.1) is 0 Å². The Bertz CT molecular complexity index is 243. The zero-order chi connectivity index (χ0) is 10.8. The van der Waals surface area contributed by atoms with Gasteiger partial charge < -0.3 is 10.2 Å². The van der Waals surface area contributed by atoms with E-state index in [2.05, 4.69) is 24.1 Å². The third-order valence-electron chi connectivity index (χ3n) is 4.04. The quantitative estimate of drug-likeness (QED) is 0.822. The van der Waals surface area contributed by atoms with Crippen LogP contribution in [0.25, 0.3) is 0 Å². The molecule has 0 spiro atoms. The van der Waals surface area contributed by atoms with Gasteiger partial charge in [0.25, 0.3) is 0 Å². The second kappa shape index (κ2) is 5.87. The standard InChI is InChI=1S/C12H22N2O.ClH/c1-3-11-5-4-6-14(11)12(15)9(2)10-7-13-8-10;/h9-11,13H,3-8H2,1-2H3;1H. The lowest BCUT2D eigenvalue weighted by atomic mass is 9.87. The molecule has 2 unspecified atom stereocenters. The second-order valence-electron chi connectivity index (χ2n) is 4.94. The maximum Gasteiger partial charge on any atom is 0.226 e. The average molecular weight is 247 g/mol. The molecule has 2 rings (SSSR count). The van der Waals surface area contributed by atoms with Crippen molar-refractivity contribution in [3.05, 3.63) is 0 Å². The molecule has 0 aromatic carbocycles. The van der Waals surface area contributed by atoms with Crippen LogP contribution in [0.2, 0.25) is 0 Å². The number of nitrogens with zero attached hydrogens (tertiary/aromatic N) is 1. The van der Waals surface area contributed by atoms with Crippen molar-refractivity contribution in [1.82, 2.24) is 10.2 Å². The van der Waals surface area contributed by atoms with E-state index in [-0.39, 0.29) is 18.3 Å². The molecule has 0 aliphatic carbocycles. The van der Waals surface area contributed by atoms with Crippen molar-refractivity contribution in [2.45, 2.75) is 39.2 Å². The van der Waals surface area contributed by atoms with Gasteiger partial charge >= 0.3 is 0 Å². The van der Waals surface area contributed by atoms with E-state index >= 15 is 0 Å². The lowest BCUT2D eigenvalue weighted by Crippen LogP contribution is -2.51. The predicted molar refractivity (Wildman–Crippen MR) is 67.8 cm³/mol. The highest BCUT2D eigenvalue weighted by Crippen LogP contribution is 2.25. The monoisotopic (exact) mass is 246 g/mol. The number of carbonyl (C=O) groups excluding carboxylic acids is 1. The maximum atomic E-state index is 12.2. The zero-order valence-electron chi connectivity index (χ0n) is 10.2. The third kappa shape index (κ3) is 2.51. The number of likely N-dealkylation sites (tertiary alicyclic amines) is 1. The Kier molecular flexibility index (Phi) is 5.06. The fourth-order valence-corrected chi connectivity index (χ4v) is 2.68. The summed E-state index contributed by atoms with van der Waals surface area (Å²) < 4.78 is 0. The molecule has 0 aromatic rings. The number of nitrogens with one attached hydrogen (secondary N) is 1. The summed E-state index contributed by atoms with van der Waals surface area (Å²) in [5.74, 6) is 1.19. The van der Waals surface area contributed by atoms with Crippen LogP contribution in [0.5, 0.6) is 0 Å². The van der Waals surface area contributed by atoms with Gasteiger partial charge in [0.2, 0.25) is 5.91 Å². The van der Waals surface area contributed by atoms with E-state index in [1.165, 1.54) is 12.8 Å². The minimum absolute atomic E-state index is 0. The summed E-state index contributed by atoms with van der Waals surface area (Å²) in [5.41, 5.74) is 0. The van der Waals surface area contributed by atoms with Gasteiger partial charge in [-0.1, -0.05) is 13.8 Å². The second-order valence-corrected chi connectivity index (χ2v) is 4.94. The van der Waals surface area contributed by atoms with Gasteiger partial charge in [0.1, 0.15) is 0 Å². The lowest BCUT2D eigenvalue weighted by molar-refractivity contribution is -0.138. The number of hydrogen-bond acceptors (Lipinski definition) is 2. The van der Waals surface area contributed by atoms with Crippen LogP contribution >= 0.6 is 12.4 Å².